The summed E-state index contributed by atoms with van der Waals surface area (Å²) in [6.07, 6.45) is 4.12. The van der Waals surface area contributed by atoms with Gasteiger partial charge in [-0.3, -0.25) is 33.8 Å². The van der Waals surface area contributed by atoms with E-state index in [4.69, 9.17) is 28.7 Å². The number of carbonyl (C=O) groups is 6. The number of fused-ring (bicyclic) bond motifs is 1. The molecule has 0 unspecified atom stereocenters. The highest BCUT2D eigenvalue weighted by Crippen LogP contribution is 2.19. The third-order valence-corrected chi connectivity index (χ3v) is 8.67. The van der Waals surface area contributed by atoms with Gasteiger partial charge in [0.15, 0.2) is 5.96 Å². The maximum atomic E-state index is 13.7. The summed E-state index contributed by atoms with van der Waals surface area (Å²) in [5.41, 5.74) is 29.8. The predicted molar refractivity (Wildman–Crippen MR) is 207 cm³/mol. The monoisotopic (exact) mass is 756 g/mol. The molecule has 0 bridgehead atoms. The van der Waals surface area contributed by atoms with E-state index < -0.39 is 78.1 Å². The van der Waals surface area contributed by atoms with E-state index in [2.05, 4.69) is 36.6 Å². The summed E-state index contributed by atoms with van der Waals surface area (Å²) in [5, 5.41) is 14.2. The minimum atomic E-state index is -1.08. The van der Waals surface area contributed by atoms with Gasteiger partial charge in [-0.1, -0.05) is 45.9 Å². The van der Waals surface area contributed by atoms with Gasteiger partial charge in [0.2, 0.25) is 35.4 Å². The predicted octanol–water partition coefficient (Wildman–Crippen LogP) is -1.54. The van der Waals surface area contributed by atoms with E-state index in [1.54, 1.807) is 20.0 Å². The van der Waals surface area contributed by atoms with Gasteiger partial charge >= 0.3 is 0 Å². The summed E-state index contributed by atoms with van der Waals surface area (Å²) in [7, 11) is 0. The minimum absolute atomic E-state index is 0.00739. The minimum Gasteiger partial charge on any atom is -0.370 e. The number of guanidine groups is 1. The lowest BCUT2D eigenvalue weighted by Gasteiger charge is -2.28. The van der Waals surface area contributed by atoms with Crippen molar-refractivity contribution in [3.63, 3.8) is 0 Å². The lowest BCUT2D eigenvalue weighted by Crippen LogP contribution is -2.59. The van der Waals surface area contributed by atoms with Crippen LogP contribution < -0.4 is 55.3 Å². The van der Waals surface area contributed by atoms with Crippen LogP contribution in [0, 0.1) is 11.8 Å². The second-order valence-corrected chi connectivity index (χ2v) is 14.1. The first-order valence-corrected chi connectivity index (χ1v) is 18.4. The summed E-state index contributed by atoms with van der Waals surface area (Å²) >= 11 is 0. The first-order valence-electron chi connectivity index (χ1n) is 18.4. The van der Waals surface area contributed by atoms with Crippen molar-refractivity contribution >= 4 is 52.3 Å². The van der Waals surface area contributed by atoms with Crippen LogP contribution in [0.15, 0.2) is 35.5 Å². The summed E-state index contributed by atoms with van der Waals surface area (Å²) < 4.78 is 0. The molecule has 1 aromatic carbocycles. The van der Waals surface area contributed by atoms with Crippen molar-refractivity contribution in [2.24, 2.45) is 45.5 Å². The van der Waals surface area contributed by atoms with E-state index in [0.29, 0.717) is 25.8 Å². The Morgan fingerprint density at radius 3 is 2.07 bits per heavy atom. The molecule has 5 atom stereocenters. The molecule has 6 amide bonds. The number of nitrogens with zero attached hydrogens (tertiary/aromatic N) is 1. The van der Waals surface area contributed by atoms with Gasteiger partial charge in [-0.15, -0.1) is 0 Å². The third-order valence-electron chi connectivity index (χ3n) is 8.67. The number of hydrogen-bond acceptors (Lipinski definition) is 9. The van der Waals surface area contributed by atoms with E-state index in [-0.39, 0.29) is 44.1 Å². The van der Waals surface area contributed by atoms with Crippen molar-refractivity contribution in [1.29, 1.82) is 0 Å². The molecule has 0 radical (unpaired) electrons. The Morgan fingerprint density at radius 2 is 1.44 bits per heavy atom. The standard InChI is InChI=1S/C36H60N12O6/c1-20(2)16-28(47-32(51)24(38)17-22-18-43-25-11-6-5-10-23(22)25)34(53)48-30(21(3)4)35(54)46-27(12-7-8-14-37)33(52)44-19-29(49)45-26(31(39)50)13-9-15-42-36(40)41/h5-6,10-11,18,20-21,24,26-28,30,43H,7-9,12-17,19,37-38H2,1-4H3,(H2,39,50)(H,44,52)(H,45,49)(H,46,54)(H,47,51)(H,48,53)(H4,40,41,42)/t24-,26-,27-,28-,30-/m0/s1. The fourth-order valence-electron chi connectivity index (χ4n) is 5.75. The van der Waals surface area contributed by atoms with Gasteiger partial charge in [0.25, 0.3) is 0 Å². The van der Waals surface area contributed by atoms with Crippen LogP contribution in [0.25, 0.3) is 10.9 Å². The summed E-state index contributed by atoms with van der Waals surface area (Å²) in [5.74, 6) is -4.32. The second kappa shape index (κ2) is 22.8. The largest absolute Gasteiger partial charge is 0.370 e. The van der Waals surface area contributed by atoms with Gasteiger partial charge in [0, 0.05) is 23.6 Å². The lowest BCUT2D eigenvalue weighted by atomic mass is 9.98. The average Bonchev–Trinajstić information content (AvgIpc) is 3.51. The number of aromatic amines is 1. The molecule has 0 saturated carbocycles. The smallest absolute Gasteiger partial charge is 0.243 e. The van der Waals surface area contributed by atoms with Crippen molar-refractivity contribution in [2.45, 2.75) is 103 Å². The summed E-state index contributed by atoms with van der Waals surface area (Å²) in [6, 6.07) is 2.56. The number of aliphatic imine (C=N–C) groups is 1. The van der Waals surface area contributed by atoms with Crippen LogP contribution in [0.1, 0.15) is 71.8 Å². The van der Waals surface area contributed by atoms with Gasteiger partial charge in [-0.25, -0.2) is 0 Å². The maximum absolute atomic E-state index is 13.7. The van der Waals surface area contributed by atoms with Crippen LogP contribution in [0.4, 0.5) is 0 Å². The van der Waals surface area contributed by atoms with Crippen LogP contribution in [-0.2, 0) is 35.2 Å². The van der Waals surface area contributed by atoms with E-state index in [1.807, 2.05) is 38.1 Å². The Kier molecular flexibility index (Phi) is 18.9. The number of aromatic nitrogens is 1. The summed E-state index contributed by atoms with van der Waals surface area (Å²) in [6.45, 7) is 7.37. The number of rotatable bonds is 24. The molecule has 0 aliphatic rings. The molecule has 2 aromatic rings. The number of nitrogens with two attached hydrogens (primary N) is 5. The van der Waals surface area contributed by atoms with E-state index in [0.717, 1.165) is 16.5 Å². The number of hydrogen-bond donors (Lipinski definition) is 11. The van der Waals surface area contributed by atoms with E-state index >= 15 is 0 Å². The summed E-state index contributed by atoms with van der Waals surface area (Å²) in [4.78, 5) is 85.3. The highest BCUT2D eigenvalue weighted by atomic mass is 16.2. The number of unbranched alkanes of at least 4 members (excludes halogenated alkanes) is 1. The Morgan fingerprint density at radius 1 is 0.778 bits per heavy atom. The number of para-hydroxylation sites is 1. The van der Waals surface area contributed by atoms with Crippen LogP contribution in [0.2, 0.25) is 0 Å². The first-order chi connectivity index (χ1) is 25.5. The van der Waals surface area contributed by atoms with Gasteiger partial charge in [-0.05, 0) is 75.0 Å². The molecule has 1 heterocycles. The molecule has 2 rings (SSSR count). The van der Waals surface area contributed by atoms with Gasteiger partial charge in [-0.2, -0.15) is 0 Å². The molecular weight excluding hydrogens is 696 g/mol. The zero-order chi connectivity index (χ0) is 40.4. The number of benzene rings is 1. The lowest BCUT2D eigenvalue weighted by molar-refractivity contribution is -0.135. The van der Waals surface area contributed by atoms with Gasteiger partial charge < -0.3 is 60.2 Å². The van der Waals surface area contributed by atoms with Crippen molar-refractivity contribution in [3.05, 3.63) is 36.0 Å². The average molecular weight is 757 g/mol. The number of amides is 6. The zero-order valence-electron chi connectivity index (χ0n) is 31.8. The van der Waals surface area contributed by atoms with E-state index in [9.17, 15) is 28.8 Å². The molecule has 18 heteroatoms. The van der Waals surface area contributed by atoms with Crippen molar-refractivity contribution in [3.8, 4) is 0 Å². The SMILES string of the molecule is CC(C)C[C@H](NC(=O)[C@@H](N)Cc1c[nH]c2ccccc12)C(=O)N[C@H](C(=O)N[C@@H](CCCCN)C(=O)NCC(=O)N[C@@H](CCCN=C(N)N)C(N)=O)C(C)C. The normalized spacial score (nSPS) is 14.0. The van der Waals surface area contributed by atoms with Crippen LogP contribution in [-0.4, -0.2) is 96.2 Å². The topological polar surface area (TPSA) is 321 Å². The van der Waals surface area contributed by atoms with Gasteiger partial charge in [0.1, 0.15) is 24.2 Å². The van der Waals surface area contributed by atoms with E-state index in [1.165, 1.54) is 0 Å². The quantitative estimate of drug-likeness (QED) is 0.0333. The van der Waals surface area contributed by atoms with Crippen LogP contribution in [0.3, 0.4) is 0 Å². The van der Waals surface area contributed by atoms with Crippen LogP contribution >= 0.6 is 0 Å². The molecule has 0 fully saturated rings. The van der Waals surface area contributed by atoms with Crippen LogP contribution in [0.5, 0.6) is 0 Å². The van der Waals surface area contributed by atoms with Crippen molar-refractivity contribution in [2.75, 3.05) is 19.6 Å². The molecule has 0 spiro atoms. The molecule has 300 valence electrons. The fourth-order valence-corrected chi connectivity index (χ4v) is 5.75. The number of carbonyl (C=O) groups excluding carboxylic acids is 6. The molecular formula is C36H60N12O6. The zero-order valence-corrected chi connectivity index (χ0v) is 31.8. The molecule has 0 aliphatic carbocycles. The molecule has 18 nitrogen and oxygen atoms in total. The van der Waals surface area contributed by atoms with Crippen molar-refractivity contribution in [1.82, 2.24) is 31.6 Å². The number of nitrogens with one attached hydrogen (secondary N) is 6. The first kappa shape index (κ1) is 44.9. The Balaban J connectivity index is 2.08. The Bertz CT molecular complexity index is 1590. The number of H-pyrrole nitrogens is 1. The van der Waals surface area contributed by atoms with Crippen molar-refractivity contribution < 1.29 is 28.8 Å². The highest BCUT2D eigenvalue weighted by Gasteiger charge is 2.32. The highest BCUT2D eigenvalue weighted by molar-refractivity contribution is 5.96. The molecule has 1 aromatic heterocycles. The fraction of sp³-hybridized carbons (Fsp3) is 0.583. The molecule has 0 saturated heterocycles. The maximum Gasteiger partial charge on any atom is 0.243 e. The molecule has 54 heavy (non-hydrogen) atoms. The number of primary amides is 1. The Hall–Kier alpha value is -5.23. The Labute approximate surface area is 316 Å². The van der Waals surface area contributed by atoms with Gasteiger partial charge in [0.05, 0.1) is 12.6 Å². The molecule has 0 aliphatic heterocycles. The second-order valence-electron chi connectivity index (χ2n) is 14.1. The third kappa shape index (κ3) is 15.4. The molecule has 16 N–H and O–H groups in total.